The maximum Gasteiger partial charge on any atom is 0.137 e. The van der Waals surface area contributed by atoms with Gasteiger partial charge in [0.1, 0.15) is 17.3 Å². The fraction of sp³-hybridized carbons (Fsp3) is 0.133. The van der Waals surface area contributed by atoms with Crippen LogP contribution in [0.15, 0.2) is 42.9 Å². The van der Waals surface area contributed by atoms with E-state index in [0.29, 0.717) is 11.7 Å². The molecule has 0 radical (unpaired) electrons. The van der Waals surface area contributed by atoms with Crippen molar-refractivity contribution in [2.75, 3.05) is 5.32 Å². The Kier molecular flexibility index (Phi) is 3.48. The molecule has 0 amide bonds. The van der Waals surface area contributed by atoms with Crippen LogP contribution in [-0.2, 0) is 6.54 Å². The second-order valence-corrected chi connectivity index (χ2v) is 4.84. The molecule has 0 aliphatic carbocycles. The first-order valence-corrected chi connectivity index (χ1v) is 6.67. The van der Waals surface area contributed by atoms with E-state index in [4.69, 9.17) is 11.6 Å². The molecule has 1 aromatic carbocycles. The summed E-state index contributed by atoms with van der Waals surface area (Å²) in [6.45, 7) is 2.54. The highest BCUT2D eigenvalue weighted by Gasteiger charge is 2.06. The van der Waals surface area contributed by atoms with Crippen molar-refractivity contribution in [2.24, 2.45) is 0 Å². The minimum atomic E-state index is 0.471. The number of anilines is 1. The van der Waals surface area contributed by atoms with Crippen molar-refractivity contribution >= 4 is 28.3 Å². The predicted molar refractivity (Wildman–Crippen MR) is 80.8 cm³/mol. The smallest absolute Gasteiger partial charge is 0.137 e. The van der Waals surface area contributed by atoms with Gasteiger partial charge in [-0.3, -0.25) is 4.98 Å². The molecule has 0 saturated carbocycles. The van der Waals surface area contributed by atoms with Crippen LogP contribution in [0.3, 0.4) is 0 Å². The molecule has 0 unspecified atom stereocenters. The number of fused-ring (bicyclic) bond motifs is 1. The van der Waals surface area contributed by atoms with Gasteiger partial charge in [0.15, 0.2) is 0 Å². The fourth-order valence-corrected chi connectivity index (χ4v) is 2.23. The summed E-state index contributed by atoms with van der Waals surface area (Å²) in [5, 5.41) is 4.89. The van der Waals surface area contributed by atoms with Crippen LogP contribution in [0.4, 0.5) is 5.82 Å². The van der Waals surface area contributed by atoms with E-state index in [2.05, 4.69) is 38.5 Å². The van der Waals surface area contributed by atoms with Gasteiger partial charge in [-0.05, 0) is 18.6 Å². The number of nitrogens with one attached hydrogen (secondary N) is 1. The SMILES string of the molecule is Cc1c(Cl)ncnc1NCc1cccc2cccnc12. The minimum Gasteiger partial charge on any atom is -0.366 e. The van der Waals surface area contributed by atoms with Crippen molar-refractivity contribution in [3.8, 4) is 0 Å². The number of hydrogen-bond donors (Lipinski definition) is 1. The molecule has 2 aromatic heterocycles. The number of aromatic nitrogens is 3. The average Bonchev–Trinajstić information content (AvgIpc) is 2.49. The number of pyridine rings is 1. The van der Waals surface area contributed by atoms with E-state index < -0.39 is 0 Å². The first-order chi connectivity index (χ1) is 9.75. The van der Waals surface area contributed by atoms with Gasteiger partial charge in [0.05, 0.1) is 5.52 Å². The van der Waals surface area contributed by atoms with Gasteiger partial charge in [0, 0.05) is 23.7 Å². The Bertz CT molecular complexity index is 752. The Morgan fingerprint density at radius 2 is 1.95 bits per heavy atom. The minimum absolute atomic E-state index is 0.471. The lowest BCUT2D eigenvalue weighted by atomic mass is 10.1. The van der Waals surface area contributed by atoms with Gasteiger partial charge >= 0.3 is 0 Å². The molecule has 5 heteroatoms. The van der Waals surface area contributed by atoms with Gasteiger partial charge < -0.3 is 5.32 Å². The molecule has 0 fully saturated rings. The van der Waals surface area contributed by atoms with Crippen LogP contribution >= 0.6 is 11.6 Å². The van der Waals surface area contributed by atoms with Gasteiger partial charge in [-0.2, -0.15) is 0 Å². The Balaban J connectivity index is 1.89. The number of benzene rings is 1. The summed E-state index contributed by atoms with van der Waals surface area (Å²) in [4.78, 5) is 12.6. The lowest BCUT2D eigenvalue weighted by Crippen LogP contribution is -2.05. The van der Waals surface area contributed by atoms with Gasteiger partial charge in [-0.15, -0.1) is 0 Å². The first kappa shape index (κ1) is 12.8. The second kappa shape index (κ2) is 5.43. The van der Waals surface area contributed by atoms with Crippen molar-refractivity contribution < 1.29 is 0 Å². The van der Waals surface area contributed by atoms with Gasteiger partial charge in [-0.1, -0.05) is 35.9 Å². The molecule has 100 valence electrons. The van der Waals surface area contributed by atoms with E-state index in [1.165, 1.54) is 6.33 Å². The second-order valence-electron chi connectivity index (χ2n) is 4.48. The molecule has 2 heterocycles. The molecule has 1 N–H and O–H groups in total. The van der Waals surface area contributed by atoms with Crippen molar-refractivity contribution in [3.63, 3.8) is 0 Å². The summed E-state index contributed by atoms with van der Waals surface area (Å²) in [6, 6.07) is 10.1. The van der Waals surface area contributed by atoms with Crippen molar-refractivity contribution in [3.05, 3.63) is 59.1 Å². The third-order valence-corrected chi connectivity index (χ3v) is 3.57. The Morgan fingerprint density at radius 3 is 2.85 bits per heavy atom. The number of halogens is 1. The van der Waals surface area contributed by atoms with Gasteiger partial charge in [0.25, 0.3) is 0 Å². The Labute approximate surface area is 121 Å². The normalized spacial score (nSPS) is 10.7. The quantitative estimate of drug-likeness (QED) is 0.747. The third kappa shape index (κ3) is 2.42. The summed E-state index contributed by atoms with van der Waals surface area (Å²) in [5.74, 6) is 0.748. The zero-order chi connectivity index (χ0) is 13.9. The van der Waals surface area contributed by atoms with E-state index in [1.54, 1.807) is 6.20 Å². The van der Waals surface area contributed by atoms with Crippen LogP contribution in [0, 0.1) is 6.92 Å². The molecular weight excluding hydrogens is 272 g/mol. The molecule has 20 heavy (non-hydrogen) atoms. The van der Waals surface area contributed by atoms with E-state index in [1.807, 2.05) is 19.1 Å². The predicted octanol–water partition coefficient (Wildman–Crippen LogP) is 3.60. The zero-order valence-corrected chi connectivity index (χ0v) is 11.7. The summed E-state index contributed by atoms with van der Waals surface area (Å²) in [6.07, 6.45) is 3.26. The molecule has 0 atom stereocenters. The van der Waals surface area contributed by atoms with E-state index >= 15 is 0 Å². The van der Waals surface area contributed by atoms with E-state index in [-0.39, 0.29) is 0 Å². The highest BCUT2D eigenvalue weighted by molar-refractivity contribution is 6.30. The maximum absolute atomic E-state index is 5.99. The van der Waals surface area contributed by atoms with Crippen molar-refractivity contribution in [2.45, 2.75) is 13.5 Å². The van der Waals surface area contributed by atoms with Gasteiger partial charge in [-0.25, -0.2) is 9.97 Å². The number of rotatable bonds is 3. The first-order valence-electron chi connectivity index (χ1n) is 6.29. The number of nitrogens with zero attached hydrogens (tertiary/aromatic N) is 3. The van der Waals surface area contributed by atoms with Crippen LogP contribution in [0.1, 0.15) is 11.1 Å². The molecule has 0 saturated heterocycles. The Morgan fingerprint density at radius 1 is 1.10 bits per heavy atom. The number of hydrogen-bond acceptors (Lipinski definition) is 4. The lowest BCUT2D eigenvalue weighted by molar-refractivity contribution is 1.06. The molecule has 3 rings (SSSR count). The van der Waals surface area contributed by atoms with Crippen molar-refractivity contribution in [1.82, 2.24) is 15.0 Å². The van der Waals surface area contributed by atoms with Crippen molar-refractivity contribution in [1.29, 1.82) is 0 Å². The molecule has 3 aromatic rings. The monoisotopic (exact) mass is 284 g/mol. The highest BCUT2D eigenvalue weighted by Crippen LogP contribution is 2.20. The summed E-state index contributed by atoms with van der Waals surface area (Å²) in [5.41, 5.74) is 2.97. The molecule has 0 aliphatic rings. The van der Waals surface area contributed by atoms with E-state index in [0.717, 1.165) is 27.8 Å². The summed E-state index contributed by atoms with van der Waals surface area (Å²) < 4.78 is 0. The standard InChI is InChI=1S/C15H13ClN4/c1-10-14(16)19-9-20-15(10)18-8-12-5-2-4-11-6-3-7-17-13(11)12/h2-7,9H,8H2,1H3,(H,18,19,20). The van der Waals surface area contributed by atoms with Crippen LogP contribution < -0.4 is 5.32 Å². The maximum atomic E-state index is 5.99. The fourth-order valence-electron chi connectivity index (χ4n) is 2.10. The van der Waals surface area contributed by atoms with Crippen LogP contribution in [0.25, 0.3) is 10.9 Å². The largest absolute Gasteiger partial charge is 0.366 e. The number of para-hydroxylation sites is 1. The molecule has 0 spiro atoms. The third-order valence-electron chi connectivity index (χ3n) is 3.19. The van der Waals surface area contributed by atoms with Gasteiger partial charge in [0.2, 0.25) is 0 Å². The average molecular weight is 285 g/mol. The molecule has 0 aliphatic heterocycles. The summed E-state index contributed by atoms with van der Waals surface area (Å²) >= 11 is 5.99. The topological polar surface area (TPSA) is 50.7 Å². The summed E-state index contributed by atoms with van der Waals surface area (Å²) in [7, 11) is 0. The van der Waals surface area contributed by atoms with Crippen LogP contribution in [0.2, 0.25) is 5.15 Å². The highest BCUT2D eigenvalue weighted by atomic mass is 35.5. The Hall–Kier alpha value is -2.20. The molecule has 0 bridgehead atoms. The zero-order valence-electron chi connectivity index (χ0n) is 11.0. The van der Waals surface area contributed by atoms with Crippen LogP contribution in [-0.4, -0.2) is 15.0 Å². The lowest BCUT2D eigenvalue weighted by Gasteiger charge is -2.10. The molecule has 4 nitrogen and oxygen atoms in total. The van der Waals surface area contributed by atoms with E-state index in [9.17, 15) is 0 Å². The molecular formula is C15H13ClN4. The van der Waals surface area contributed by atoms with Crippen LogP contribution in [0.5, 0.6) is 0 Å².